The van der Waals surface area contributed by atoms with Crippen LogP contribution in [0.1, 0.15) is 38.8 Å². The molecule has 1 aliphatic carbocycles. The maximum atomic E-state index is 8.92. The predicted octanol–water partition coefficient (Wildman–Crippen LogP) is -3.13. The number of fused-ring (bicyclic) bond motifs is 1. The molecular weight excluding hydrogens is 412 g/mol. The predicted molar refractivity (Wildman–Crippen MR) is 80.8 cm³/mol. The van der Waals surface area contributed by atoms with Crippen molar-refractivity contribution in [3.8, 4) is 0 Å². The fourth-order valence-corrected chi connectivity index (χ4v) is 2.25. The topological polar surface area (TPSA) is 41.5 Å². The Bertz CT molecular complexity index is 566. The average molecular weight is 434 g/mol. The molecule has 0 amide bonds. The maximum absolute atomic E-state index is 8.92. The monoisotopic (exact) mass is 432 g/mol. The van der Waals surface area contributed by atoms with Gasteiger partial charge in [-0.2, -0.15) is 0 Å². The summed E-state index contributed by atoms with van der Waals surface area (Å²) in [4.78, 5) is 0. The number of halogens is 2. The van der Waals surface area contributed by atoms with Gasteiger partial charge in [-0.25, -0.2) is 0 Å². The third-order valence-electron chi connectivity index (χ3n) is 2.97. The van der Waals surface area contributed by atoms with Crippen LogP contribution in [0.4, 0.5) is 0 Å². The molecule has 23 heavy (non-hydrogen) atoms. The van der Waals surface area contributed by atoms with E-state index in [0.717, 1.165) is 28.2 Å². The third-order valence-corrected chi connectivity index (χ3v) is 2.97. The van der Waals surface area contributed by atoms with Crippen molar-refractivity contribution in [3.63, 3.8) is 0 Å². The van der Waals surface area contributed by atoms with E-state index in [1.807, 2.05) is 25.1 Å². The smallest absolute Gasteiger partial charge is 1.00 e. The zero-order valence-corrected chi connectivity index (χ0v) is 17.8. The molecule has 1 aromatic rings. The molecule has 3 nitrogen and oxygen atoms in total. The standard InChI is InChI=1S/C17H22NO2.2ClH.Zr/c1-12(20-10-9-19)16-14-8-6-5-7-13(14)11-15(16)18-17(2,3)4;;;/h5-8,18-19H,9-10H2,1-4H3;2*1H;/q-1;;;+3/p-2. The minimum Gasteiger partial charge on any atom is -1.00 e. The van der Waals surface area contributed by atoms with E-state index in [4.69, 9.17) is 9.84 Å². The van der Waals surface area contributed by atoms with Gasteiger partial charge in [-0.15, -0.1) is 35.4 Å². The summed E-state index contributed by atoms with van der Waals surface area (Å²) < 4.78 is 5.61. The van der Waals surface area contributed by atoms with E-state index in [9.17, 15) is 0 Å². The zero-order chi connectivity index (χ0) is 14.8. The third kappa shape index (κ3) is 6.62. The Balaban J connectivity index is 0. The van der Waals surface area contributed by atoms with Crippen LogP contribution < -0.4 is 30.1 Å². The van der Waals surface area contributed by atoms with Gasteiger partial charge in [-0.3, -0.25) is 0 Å². The van der Waals surface area contributed by atoms with Gasteiger partial charge in [0.25, 0.3) is 0 Å². The molecule has 0 atom stereocenters. The van der Waals surface area contributed by atoms with E-state index < -0.39 is 0 Å². The fraction of sp³-hybridized carbons (Fsp3) is 0.412. The number of allylic oxidation sites excluding steroid dienone is 2. The van der Waals surface area contributed by atoms with Crippen molar-refractivity contribution < 1.29 is 60.9 Å². The molecule has 1 aliphatic rings. The first-order valence-corrected chi connectivity index (χ1v) is 6.89. The number of benzene rings is 1. The average Bonchev–Trinajstić information content (AvgIpc) is 2.71. The van der Waals surface area contributed by atoms with Crippen LogP contribution in [0.3, 0.4) is 0 Å². The first kappa shape index (κ1) is 25.0. The maximum Gasteiger partial charge on any atom is 3.00 e. The van der Waals surface area contributed by atoms with E-state index in [1.165, 1.54) is 0 Å². The van der Waals surface area contributed by atoms with Crippen molar-refractivity contribution >= 4 is 5.57 Å². The van der Waals surface area contributed by atoms with Crippen LogP contribution in [-0.4, -0.2) is 23.9 Å². The van der Waals surface area contributed by atoms with Gasteiger partial charge in [0.2, 0.25) is 0 Å². The van der Waals surface area contributed by atoms with Crippen molar-refractivity contribution in [2.75, 3.05) is 13.2 Å². The minimum atomic E-state index is -0.0487. The number of rotatable bonds is 4. The van der Waals surface area contributed by atoms with Gasteiger partial charge in [0, 0.05) is 5.54 Å². The second kappa shape index (κ2) is 10.6. The molecule has 2 N–H and O–H groups in total. The van der Waals surface area contributed by atoms with Crippen LogP contribution in [0.5, 0.6) is 0 Å². The summed E-state index contributed by atoms with van der Waals surface area (Å²) in [5.74, 6) is 0.809. The van der Waals surface area contributed by atoms with Crippen LogP contribution in [0, 0.1) is 6.08 Å². The van der Waals surface area contributed by atoms with Gasteiger partial charge in [-0.1, -0.05) is 11.6 Å². The summed E-state index contributed by atoms with van der Waals surface area (Å²) in [6.45, 7) is 8.60. The van der Waals surface area contributed by atoms with Gasteiger partial charge >= 0.3 is 26.2 Å². The molecule has 0 spiro atoms. The quantitative estimate of drug-likeness (QED) is 0.389. The summed E-state index contributed by atoms with van der Waals surface area (Å²) >= 11 is 0. The summed E-state index contributed by atoms with van der Waals surface area (Å²) in [5.41, 5.74) is 4.13. The normalized spacial score (nSPS) is 14.4. The van der Waals surface area contributed by atoms with E-state index in [2.05, 4.69) is 38.2 Å². The molecule has 0 bridgehead atoms. The number of aliphatic hydroxyl groups is 1. The molecule has 125 valence electrons. The molecule has 0 saturated carbocycles. The Kier molecular flexibility index (Phi) is 11.5. The Labute approximate surface area is 170 Å². The summed E-state index contributed by atoms with van der Waals surface area (Å²) in [6, 6.07) is 8.14. The van der Waals surface area contributed by atoms with Crippen LogP contribution in [-0.2, 0) is 30.9 Å². The van der Waals surface area contributed by atoms with E-state index in [1.54, 1.807) is 0 Å². The number of nitrogens with one attached hydrogen (secondary N) is 1. The van der Waals surface area contributed by atoms with Crippen LogP contribution in [0.25, 0.3) is 5.57 Å². The summed E-state index contributed by atoms with van der Waals surface area (Å²) in [5, 5.41) is 12.4. The molecule has 0 aliphatic heterocycles. The zero-order valence-electron chi connectivity index (χ0n) is 13.8. The van der Waals surface area contributed by atoms with Gasteiger partial charge in [-0.05, 0) is 33.4 Å². The van der Waals surface area contributed by atoms with Crippen LogP contribution >= 0.6 is 0 Å². The fourth-order valence-electron chi connectivity index (χ4n) is 2.25. The number of hydrogen-bond acceptors (Lipinski definition) is 3. The van der Waals surface area contributed by atoms with Gasteiger partial charge in [0.05, 0.1) is 12.4 Å². The minimum absolute atomic E-state index is 0. The van der Waals surface area contributed by atoms with Crippen molar-refractivity contribution in [1.29, 1.82) is 0 Å². The number of aliphatic hydroxyl groups excluding tert-OH is 1. The molecule has 0 heterocycles. The summed E-state index contributed by atoms with van der Waals surface area (Å²) in [6.07, 6.45) is 3.40. The first-order valence-electron chi connectivity index (χ1n) is 6.89. The van der Waals surface area contributed by atoms with E-state index >= 15 is 0 Å². The van der Waals surface area contributed by atoms with Crippen molar-refractivity contribution in [2.24, 2.45) is 0 Å². The molecular formula is C17H22Cl2NO2Zr. The van der Waals surface area contributed by atoms with Gasteiger partial charge in [0.15, 0.2) is 0 Å². The first-order chi connectivity index (χ1) is 9.42. The van der Waals surface area contributed by atoms with E-state index in [-0.39, 0.29) is 63.2 Å². The molecule has 0 unspecified atom stereocenters. The molecule has 0 saturated heterocycles. The molecule has 0 aromatic heterocycles. The van der Waals surface area contributed by atoms with Crippen LogP contribution in [0.15, 0.2) is 35.7 Å². The van der Waals surface area contributed by atoms with Crippen molar-refractivity contribution in [2.45, 2.75) is 33.2 Å². The van der Waals surface area contributed by atoms with Crippen LogP contribution in [0.2, 0.25) is 0 Å². The Hall–Kier alpha value is -0.277. The second-order valence-electron chi connectivity index (χ2n) is 5.92. The Morgan fingerprint density at radius 3 is 2.39 bits per heavy atom. The molecule has 2 rings (SSSR count). The van der Waals surface area contributed by atoms with Crippen molar-refractivity contribution in [3.05, 3.63) is 52.9 Å². The molecule has 6 heteroatoms. The number of hydrogen-bond donors (Lipinski definition) is 2. The SMILES string of the molecule is CC(OCCO)=C1C(NC(C)(C)C)=[C-]c2ccccc21.[Cl-].[Cl-].[Zr+3]. The van der Waals surface area contributed by atoms with Crippen molar-refractivity contribution in [1.82, 2.24) is 5.32 Å². The van der Waals surface area contributed by atoms with Gasteiger partial charge in [0.1, 0.15) is 6.61 Å². The number of ether oxygens (including phenoxy) is 1. The molecule has 1 radical (unpaired) electrons. The largest absolute Gasteiger partial charge is 3.00 e. The second-order valence-corrected chi connectivity index (χ2v) is 5.92. The van der Waals surface area contributed by atoms with Gasteiger partial charge < -0.3 is 40.0 Å². The molecule has 1 aromatic carbocycles. The Morgan fingerprint density at radius 2 is 1.83 bits per heavy atom. The molecule has 0 fully saturated rings. The Morgan fingerprint density at radius 1 is 1.22 bits per heavy atom. The van der Waals surface area contributed by atoms with E-state index in [0.29, 0.717) is 6.61 Å². The summed E-state index contributed by atoms with van der Waals surface area (Å²) in [7, 11) is 0.